The van der Waals surface area contributed by atoms with Crippen molar-refractivity contribution in [2.75, 3.05) is 7.11 Å². The van der Waals surface area contributed by atoms with Crippen molar-refractivity contribution in [1.29, 1.82) is 0 Å². The molecule has 1 aromatic carbocycles. The Hall–Kier alpha value is -2.20. The summed E-state index contributed by atoms with van der Waals surface area (Å²) in [5.41, 5.74) is -0.116. The number of benzene rings is 1. The van der Waals surface area contributed by atoms with E-state index in [1.807, 2.05) is 0 Å². The van der Waals surface area contributed by atoms with Gasteiger partial charge in [-0.1, -0.05) is 6.07 Å². The van der Waals surface area contributed by atoms with Crippen molar-refractivity contribution in [3.63, 3.8) is 0 Å². The SMILES string of the molecule is COc1c(-c2n[nH]c(S(=O)(=O)Cl)n2)cccc1[N+](=O)[O-]. The maximum atomic E-state index is 11.1. The molecular weight excluding hydrogens is 312 g/mol. The fourth-order valence-corrected chi connectivity index (χ4v) is 2.09. The molecule has 0 atom stereocenters. The van der Waals surface area contributed by atoms with E-state index in [9.17, 15) is 18.5 Å². The third-order valence-electron chi connectivity index (χ3n) is 2.33. The zero-order chi connectivity index (χ0) is 14.9. The minimum atomic E-state index is -4.07. The number of hydrogen-bond donors (Lipinski definition) is 1. The van der Waals surface area contributed by atoms with Gasteiger partial charge < -0.3 is 4.74 Å². The Kier molecular flexibility index (Phi) is 3.59. The molecule has 2 aromatic rings. The van der Waals surface area contributed by atoms with Gasteiger partial charge in [0.05, 0.1) is 17.6 Å². The number of nitro benzene ring substituents is 1. The molecule has 0 amide bonds. The first-order chi connectivity index (χ1) is 9.34. The summed E-state index contributed by atoms with van der Waals surface area (Å²) in [5.74, 6) is -0.153. The van der Waals surface area contributed by atoms with E-state index >= 15 is 0 Å². The number of ether oxygens (including phenoxy) is 1. The van der Waals surface area contributed by atoms with Crippen molar-refractivity contribution >= 4 is 25.4 Å². The molecule has 0 radical (unpaired) electrons. The summed E-state index contributed by atoms with van der Waals surface area (Å²) in [4.78, 5) is 13.9. The van der Waals surface area contributed by atoms with Crippen LogP contribution in [-0.4, -0.2) is 35.6 Å². The minimum absolute atomic E-state index is 0.0741. The number of aromatic nitrogens is 3. The highest BCUT2D eigenvalue weighted by Crippen LogP contribution is 2.36. The predicted octanol–water partition coefficient (Wildman–Crippen LogP) is 1.32. The lowest BCUT2D eigenvalue weighted by molar-refractivity contribution is -0.385. The van der Waals surface area contributed by atoms with Crippen LogP contribution in [-0.2, 0) is 9.05 Å². The maximum Gasteiger partial charge on any atom is 0.311 e. The number of H-pyrrole nitrogens is 1. The van der Waals surface area contributed by atoms with Crippen molar-refractivity contribution in [2.45, 2.75) is 5.16 Å². The van der Waals surface area contributed by atoms with Crippen LogP contribution >= 0.6 is 10.7 Å². The van der Waals surface area contributed by atoms with Gasteiger partial charge in [-0.25, -0.2) is 13.5 Å². The molecule has 0 saturated heterocycles. The van der Waals surface area contributed by atoms with Gasteiger partial charge in [0.15, 0.2) is 5.82 Å². The lowest BCUT2D eigenvalue weighted by Crippen LogP contribution is -1.97. The highest BCUT2D eigenvalue weighted by molar-refractivity contribution is 8.13. The number of methoxy groups -OCH3 is 1. The summed E-state index contributed by atoms with van der Waals surface area (Å²) in [6.45, 7) is 0. The van der Waals surface area contributed by atoms with Crippen LogP contribution in [0.2, 0.25) is 0 Å². The Morgan fingerprint density at radius 2 is 2.15 bits per heavy atom. The normalized spacial score (nSPS) is 11.3. The first-order valence-corrected chi connectivity index (χ1v) is 7.34. The van der Waals surface area contributed by atoms with Gasteiger partial charge in [0.1, 0.15) is 0 Å². The van der Waals surface area contributed by atoms with Gasteiger partial charge in [-0.15, -0.1) is 0 Å². The highest BCUT2D eigenvalue weighted by atomic mass is 35.7. The van der Waals surface area contributed by atoms with Gasteiger partial charge in [0, 0.05) is 16.7 Å². The van der Waals surface area contributed by atoms with E-state index in [0.29, 0.717) is 0 Å². The molecule has 0 aliphatic heterocycles. The monoisotopic (exact) mass is 318 g/mol. The highest BCUT2D eigenvalue weighted by Gasteiger charge is 2.23. The molecule has 1 N–H and O–H groups in total. The van der Waals surface area contributed by atoms with Crippen molar-refractivity contribution in [1.82, 2.24) is 15.2 Å². The van der Waals surface area contributed by atoms with Gasteiger partial charge in [0.2, 0.25) is 5.75 Å². The lowest BCUT2D eigenvalue weighted by atomic mass is 10.1. The lowest BCUT2D eigenvalue weighted by Gasteiger charge is -2.05. The number of nitrogens with zero attached hydrogens (tertiary/aromatic N) is 3. The number of nitro groups is 1. The summed E-state index contributed by atoms with van der Waals surface area (Å²) >= 11 is 0. The topological polar surface area (TPSA) is 128 Å². The Balaban J connectivity index is 2.61. The Morgan fingerprint density at radius 1 is 1.45 bits per heavy atom. The van der Waals surface area contributed by atoms with Crippen LogP contribution in [0.4, 0.5) is 5.69 Å². The molecule has 0 fully saturated rings. The van der Waals surface area contributed by atoms with Crippen LogP contribution < -0.4 is 4.74 Å². The first-order valence-electron chi connectivity index (χ1n) is 5.03. The van der Waals surface area contributed by atoms with E-state index in [0.717, 1.165) is 0 Å². The Morgan fingerprint density at radius 3 is 2.65 bits per heavy atom. The third-order valence-corrected chi connectivity index (χ3v) is 3.41. The molecule has 0 spiro atoms. The molecule has 1 aromatic heterocycles. The fourth-order valence-electron chi connectivity index (χ4n) is 1.54. The Labute approximate surface area is 117 Å². The molecule has 9 nitrogen and oxygen atoms in total. The van der Waals surface area contributed by atoms with Crippen LogP contribution in [0.25, 0.3) is 11.4 Å². The first kappa shape index (κ1) is 14.2. The van der Waals surface area contributed by atoms with Crippen LogP contribution in [0, 0.1) is 10.1 Å². The van der Waals surface area contributed by atoms with Gasteiger partial charge in [-0.3, -0.25) is 10.1 Å². The molecule has 0 bridgehead atoms. The van der Waals surface area contributed by atoms with E-state index in [2.05, 4.69) is 15.2 Å². The molecule has 0 saturated carbocycles. The van der Waals surface area contributed by atoms with Gasteiger partial charge in [0.25, 0.3) is 14.2 Å². The average molecular weight is 319 g/mol. The summed E-state index contributed by atoms with van der Waals surface area (Å²) in [7, 11) is 2.29. The van der Waals surface area contributed by atoms with E-state index in [1.165, 1.54) is 25.3 Å². The van der Waals surface area contributed by atoms with E-state index in [4.69, 9.17) is 15.4 Å². The van der Waals surface area contributed by atoms with Crippen LogP contribution in [0.15, 0.2) is 23.4 Å². The largest absolute Gasteiger partial charge is 0.490 e. The molecule has 2 rings (SSSR count). The molecular formula is C9H7ClN4O5S. The molecule has 1 heterocycles. The number of halogens is 1. The van der Waals surface area contributed by atoms with Crippen molar-refractivity contribution in [3.8, 4) is 17.1 Å². The number of rotatable bonds is 4. The molecule has 11 heteroatoms. The van der Waals surface area contributed by atoms with Crippen LogP contribution in [0.3, 0.4) is 0 Å². The predicted molar refractivity (Wildman–Crippen MR) is 68.1 cm³/mol. The molecule has 0 aliphatic rings. The quantitative estimate of drug-likeness (QED) is 0.511. The van der Waals surface area contributed by atoms with E-state index in [-0.39, 0.29) is 22.8 Å². The van der Waals surface area contributed by atoms with Crippen molar-refractivity contribution in [2.24, 2.45) is 0 Å². The van der Waals surface area contributed by atoms with E-state index in [1.54, 1.807) is 0 Å². The summed E-state index contributed by atoms with van der Waals surface area (Å²) < 4.78 is 27.2. The Bertz CT molecular complexity index is 772. The second kappa shape index (κ2) is 5.06. The number of nitrogens with one attached hydrogen (secondary N) is 1. The molecule has 20 heavy (non-hydrogen) atoms. The summed E-state index contributed by atoms with van der Waals surface area (Å²) in [5, 5.41) is 16.1. The third kappa shape index (κ3) is 2.56. The number of aromatic amines is 1. The van der Waals surface area contributed by atoms with Crippen LogP contribution in [0.5, 0.6) is 5.75 Å². The maximum absolute atomic E-state index is 11.1. The second-order valence-electron chi connectivity index (χ2n) is 3.52. The number of hydrogen-bond acceptors (Lipinski definition) is 7. The van der Waals surface area contributed by atoms with Crippen molar-refractivity contribution < 1.29 is 18.1 Å². The zero-order valence-corrected chi connectivity index (χ0v) is 11.5. The van der Waals surface area contributed by atoms with Crippen LogP contribution in [0.1, 0.15) is 0 Å². The molecule has 106 valence electrons. The smallest absolute Gasteiger partial charge is 0.311 e. The standard InChI is InChI=1S/C9H7ClN4O5S/c1-19-7-5(3-2-4-6(7)14(15)16)8-11-9(13-12-8)20(10,17)18/h2-4H,1H3,(H,11,12,13). The fraction of sp³-hybridized carbons (Fsp3) is 0.111. The van der Waals surface area contributed by atoms with Gasteiger partial charge in [-0.2, -0.15) is 10.1 Å². The molecule has 0 unspecified atom stereocenters. The van der Waals surface area contributed by atoms with E-state index < -0.39 is 19.1 Å². The number of para-hydroxylation sites is 1. The minimum Gasteiger partial charge on any atom is -0.490 e. The van der Waals surface area contributed by atoms with Gasteiger partial charge >= 0.3 is 5.69 Å². The zero-order valence-electron chi connectivity index (χ0n) is 9.90. The average Bonchev–Trinajstić information content (AvgIpc) is 2.86. The summed E-state index contributed by atoms with van der Waals surface area (Å²) in [6.07, 6.45) is 0. The summed E-state index contributed by atoms with van der Waals surface area (Å²) in [6, 6.07) is 4.11. The second-order valence-corrected chi connectivity index (χ2v) is 6.00. The van der Waals surface area contributed by atoms with Crippen molar-refractivity contribution in [3.05, 3.63) is 28.3 Å². The van der Waals surface area contributed by atoms with Gasteiger partial charge in [-0.05, 0) is 6.07 Å². The molecule has 0 aliphatic carbocycles.